The number of aryl methyl sites for hydroxylation is 1. The van der Waals surface area contributed by atoms with Gasteiger partial charge in [-0.1, -0.05) is 61.7 Å². The minimum absolute atomic E-state index is 0.185. The first-order valence-corrected chi connectivity index (χ1v) is 9.65. The summed E-state index contributed by atoms with van der Waals surface area (Å²) in [5, 5.41) is 26.0. The summed E-state index contributed by atoms with van der Waals surface area (Å²) in [4.78, 5) is 0. The maximum Gasteiger partial charge on any atom is 0.115 e. The summed E-state index contributed by atoms with van der Waals surface area (Å²) < 4.78 is 1.75. The predicted octanol–water partition coefficient (Wildman–Crippen LogP) is 5.60. The van der Waals surface area contributed by atoms with Gasteiger partial charge in [-0.2, -0.15) is 5.10 Å². The molecule has 0 saturated carbocycles. The Kier molecular flexibility index (Phi) is 5.59. The Balaban J connectivity index is 2.25. The van der Waals surface area contributed by atoms with Crippen LogP contribution in [0.5, 0.6) is 5.75 Å². The van der Waals surface area contributed by atoms with E-state index in [1.807, 2.05) is 45.0 Å². The van der Waals surface area contributed by atoms with Crippen molar-refractivity contribution in [1.29, 1.82) is 0 Å². The van der Waals surface area contributed by atoms with Crippen LogP contribution in [-0.2, 0) is 5.60 Å². The maximum atomic E-state index is 11.2. The van der Waals surface area contributed by atoms with Gasteiger partial charge in [-0.15, -0.1) is 0 Å². The second-order valence-electron chi connectivity index (χ2n) is 6.94. The van der Waals surface area contributed by atoms with Crippen molar-refractivity contribution in [3.05, 3.63) is 64.8 Å². The minimum Gasteiger partial charge on any atom is -0.508 e. The summed E-state index contributed by atoms with van der Waals surface area (Å²) >= 11 is 6.79. The molecule has 5 heteroatoms. The zero-order valence-electron chi connectivity index (χ0n) is 15.9. The van der Waals surface area contributed by atoms with Gasteiger partial charge in [0.25, 0.3) is 0 Å². The van der Waals surface area contributed by atoms with E-state index in [9.17, 15) is 10.2 Å². The van der Waals surface area contributed by atoms with Crippen LogP contribution in [0.2, 0.25) is 5.02 Å². The number of benzene rings is 2. The summed E-state index contributed by atoms with van der Waals surface area (Å²) in [6.45, 7) is 6.01. The number of aromatic nitrogens is 2. The zero-order chi connectivity index (χ0) is 19.6. The topological polar surface area (TPSA) is 58.3 Å². The van der Waals surface area contributed by atoms with E-state index in [-0.39, 0.29) is 5.75 Å². The molecule has 1 atom stereocenters. The Morgan fingerprint density at radius 3 is 2.22 bits per heavy atom. The first kappa shape index (κ1) is 19.5. The van der Waals surface area contributed by atoms with Crippen molar-refractivity contribution in [2.75, 3.05) is 0 Å². The lowest BCUT2D eigenvalue weighted by molar-refractivity contribution is 0.0181. The van der Waals surface area contributed by atoms with Crippen LogP contribution in [0.15, 0.2) is 48.5 Å². The van der Waals surface area contributed by atoms with Crippen LogP contribution in [0.4, 0.5) is 0 Å². The molecule has 0 saturated heterocycles. The Morgan fingerprint density at radius 2 is 1.67 bits per heavy atom. The smallest absolute Gasteiger partial charge is 0.115 e. The molecule has 0 bridgehead atoms. The first-order valence-electron chi connectivity index (χ1n) is 9.27. The molecule has 0 radical (unpaired) electrons. The van der Waals surface area contributed by atoms with Crippen LogP contribution in [0, 0.1) is 6.92 Å². The molecule has 0 spiro atoms. The van der Waals surface area contributed by atoms with Crippen LogP contribution in [0.3, 0.4) is 0 Å². The lowest BCUT2D eigenvalue weighted by Crippen LogP contribution is -2.25. The number of hydrogen-bond acceptors (Lipinski definition) is 3. The third-order valence-corrected chi connectivity index (χ3v) is 5.29. The number of phenolic OH excluding ortho intramolecular Hbond substituents is 1. The molecule has 142 valence electrons. The molecule has 0 amide bonds. The van der Waals surface area contributed by atoms with Crippen molar-refractivity contribution in [1.82, 2.24) is 9.78 Å². The highest BCUT2D eigenvalue weighted by molar-refractivity contribution is 6.34. The van der Waals surface area contributed by atoms with Crippen molar-refractivity contribution < 1.29 is 10.2 Å². The van der Waals surface area contributed by atoms with Crippen LogP contribution in [0.25, 0.3) is 16.9 Å². The monoisotopic (exact) mass is 384 g/mol. The highest BCUT2D eigenvalue weighted by Gasteiger charge is 2.34. The average molecular weight is 385 g/mol. The molecule has 3 rings (SSSR count). The first-order chi connectivity index (χ1) is 12.9. The molecule has 4 nitrogen and oxygen atoms in total. The predicted molar refractivity (Wildman–Crippen MR) is 110 cm³/mol. The van der Waals surface area contributed by atoms with Gasteiger partial charge in [0.15, 0.2) is 0 Å². The maximum absolute atomic E-state index is 11.2. The highest BCUT2D eigenvalue weighted by atomic mass is 35.5. The number of aromatic hydroxyl groups is 1. The highest BCUT2D eigenvalue weighted by Crippen LogP contribution is 2.40. The summed E-state index contributed by atoms with van der Waals surface area (Å²) in [5.41, 5.74) is 3.01. The second kappa shape index (κ2) is 7.75. The number of aliphatic hydroxyl groups is 1. The molecule has 0 fully saturated rings. The number of nitrogens with zero attached hydrogens (tertiary/aromatic N) is 2. The molecule has 1 heterocycles. The van der Waals surface area contributed by atoms with Gasteiger partial charge in [0, 0.05) is 5.56 Å². The van der Waals surface area contributed by atoms with E-state index in [0.717, 1.165) is 28.9 Å². The number of hydrogen-bond donors (Lipinski definition) is 2. The molecule has 0 aliphatic rings. The molecule has 0 aliphatic heterocycles. The lowest BCUT2D eigenvalue weighted by Gasteiger charge is -2.24. The summed E-state index contributed by atoms with van der Waals surface area (Å²) in [7, 11) is 0. The van der Waals surface area contributed by atoms with E-state index >= 15 is 0 Å². The fraction of sp³-hybridized carbons (Fsp3) is 0.318. The third kappa shape index (κ3) is 3.73. The fourth-order valence-corrected chi connectivity index (χ4v) is 3.72. The normalized spacial score (nSPS) is 13.5. The van der Waals surface area contributed by atoms with Crippen LogP contribution in [0.1, 0.15) is 44.4 Å². The minimum atomic E-state index is -1.08. The lowest BCUT2D eigenvalue weighted by atomic mass is 9.91. The van der Waals surface area contributed by atoms with Crippen LogP contribution < -0.4 is 0 Å². The zero-order valence-corrected chi connectivity index (χ0v) is 16.7. The van der Waals surface area contributed by atoms with Gasteiger partial charge in [-0.05, 0) is 44.0 Å². The van der Waals surface area contributed by atoms with E-state index in [4.69, 9.17) is 16.7 Å². The molecule has 2 N–H and O–H groups in total. The fourth-order valence-electron chi connectivity index (χ4n) is 3.31. The van der Waals surface area contributed by atoms with Crippen LogP contribution >= 0.6 is 11.6 Å². The van der Waals surface area contributed by atoms with Crippen molar-refractivity contribution in [2.24, 2.45) is 0 Å². The quantitative estimate of drug-likeness (QED) is 0.581. The Morgan fingerprint density at radius 1 is 1.04 bits per heavy atom. The van der Waals surface area contributed by atoms with Gasteiger partial charge in [0.1, 0.15) is 17.0 Å². The molecule has 27 heavy (non-hydrogen) atoms. The molecule has 2 aromatic carbocycles. The van der Waals surface area contributed by atoms with E-state index in [1.54, 1.807) is 28.9 Å². The Bertz CT molecular complexity index is 917. The molecule has 1 unspecified atom stereocenters. The summed E-state index contributed by atoms with van der Waals surface area (Å²) in [5.74, 6) is 0.185. The molecule has 0 aliphatic carbocycles. The van der Waals surface area contributed by atoms with Gasteiger partial charge in [-0.3, -0.25) is 0 Å². The van der Waals surface area contributed by atoms with Gasteiger partial charge < -0.3 is 10.2 Å². The largest absolute Gasteiger partial charge is 0.508 e. The van der Waals surface area contributed by atoms with E-state index in [1.165, 1.54) is 0 Å². The third-order valence-electron chi connectivity index (χ3n) is 4.94. The van der Waals surface area contributed by atoms with Crippen LogP contribution in [-0.4, -0.2) is 20.0 Å². The van der Waals surface area contributed by atoms with Crippen molar-refractivity contribution in [3.63, 3.8) is 0 Å². The van der Waals surface area contributed by atoms with E-state index in [2.05, 4.69) is 0 Å². The van der Waals surface area contributed by atoms with Gasteiger partial charge in [-0.25, -0.2) is 4.68 Å². The van der Waals surface area contributed by atoms with Crippen molar-refractivity contribution in [3.8, 4) is 22.7 Å². The van der Waals surface area contributed by atoms with Gasteiger partial charge >= 0.3 is 0 Å². The number of rotatable bonds is 6. The van der Waals surface area contributed by atoms with E-state index in [0.29, 0.717) is 23.6 Å². The Labute approximate surface area is 165 Å². The van der Waals surface area contributed by atoms with Crippen molar-refractivity contribution in [2.45, 2.75) is 45.6 Å². The SMILES string of the molecule is CCCC(O)(CC)c1nn(-c2ccc(O)cc2)c(-c2ccc(C)cc2)c1Cl. The molecule has 1 aromatic heterocycles. The second-order valence-corrected chi connectivity index (χ2v) is 7.32. The molecular weight excluding hydrogens is 360 g/mol. The average Bonchev–Trinajstić information content (AvgIpc) is 3.01. The van der Waals surface area contributed by atoms with Crippen molar-refractivity contribution >= 4 is 11.6 Å². The standard InChI is InChI=1S/C22H25ClN2O2/c1-4-14-22(27,5-2)21-19(23)20(16-8-6-15(3)7-9-16)25(24-21)17-10-12-18(26)13-11-17/h6-13,26-27H,4-5,14H2,1-3H3. The number of halogens is 1. The van der Waals surface area contributed by atoms with E-state index < -0.39 is 5.60 Å². The molecular formula is C22H25ClN2O2. The van der Waals surface area contributed by atoms with Gasteiger partial charge in [0.05, 0.1) is 16.4 Å². The van der Waals surface area contributed by atoms with Gasteiger partial charge in [0.2, 0.25) is 0 Å². The molecule has 3 aromatic rings. The summed E-state index contributed by atoms with van der Waals surface area (Å²) in [6.07, 6.45) is 1.94. The number of phenols is 1. The Hall–Kier alpha value is -2.30. The summed E-state index contributed by atoms with van der Waals surface area (Å²) in [6, 6.07) is 14.8.